The first kappa shape index (κ1) is 21.0. The summed E-state index contributed by atoms with van der Waals surface area (Å²) in [6.45, 7) is 2.67. The molecule has 0 bridgehead atoms. The Morgan fingerprint density at radius 3 is 1.68 bits per heavy atom. The van der Waals surface area contributed by atoms with Crippen LogP contribution in [-0.4, -0.2) is 16.8 Å². The van der Waals surface area contributed by atoms with Crippen molar-refractivity contribution in [2.45, 2.75) is 13.3 Å². The van der Waals surface area contributed by atoms with Crippen LogP contribution in [0, 0.1) is 31.6 Å². The standard InChI is InChI=1S/C28H25O3/c1-2-27(21-7-13-24(29)14-8-21)28(22-9-15-25(30)16-10-22)23-11-17-26(18-12-23)31-19-20-5-3-4-6-20/h3-18,29-30H,2,19H2,1H3/b28-27-. The molecule has 0 spiro atoms. The van der Waals surface area contributed by atoms with Gasteiger partial charge in [0.05, 0.1) is 6.61 Å². The Balaban J connectivity index is 1.70. The van der Waals surface area contributed by atoms with Gasteiger partial charge in [-0.15, -0.1) is 0 Å². The number of ether oxygens (including phenoxy) is 1. The first-order chi connectivity index (χ1) is 15.1. The Bertz CT molecular complexity index is 1010. The van der Waals surface area contributed by atoms with Gasteiger partial charge in [-0.25, -0.2) is 0 Å². The van der Waals surface area contributed by atoms with Crippen LogP contribution >= 0.6 is 0 Å². The van der Waals surface area contributed by atoms with Crippen molar-refractivity contribution in [3.63, 3.8) is 0 Å². The molecular weight excluding hydrogens is 384 g/mol. The molecule has 3 heteroatoms. The highest BCUT2D eigenvalue weighted by atomic mass is 16.5. The Hall–Kier alpha value is -3.20. The number of hydrogen-bond acceptors (Lipinski definition) is 3. The van der Waals surface area contributed by atoms with Gasteiger partial charge >= 0.3 is 0 Å². The van der Waals surface area contributed by atoms with E-state index in [2.05, 4.69) is 19.1 Å². The van der Waals surface area contributed by atoms with Crippen LogP contribution in [0.25, 0.3) is 11.1 Å². The van der Waals surface area contributed by atoms with Crippen molar-refractivity contribution in [2.75, 3.05) is 6.61 Å². The van der Waals surface area contributed by atoms with Gasteiger partial charge in [0, 0.05) is 5.92 Å². The minimum Gasteiger partial charge on any atom is -0.508 e. The Kier molecular flexibility index (Phi) is 6.61. The third-order valence-electron chi connectivity index (χ3n) is 5.31. The number of phenols is 2. The molecule has 4 rings (SSSR count). The van der Waals surface area contributed by atoms with E-state index >= 15 is 0 Å². The summed E-state index contributed by atoms with van der Waals surface area (Å²) >= 11 is 0. The molecule has 0 atom stereocenters. The maximum Gasteiger partial charge on any atom is 0.119 e. The highest BCUT2D eigenvalue weighted by Gasteiger charge is 2.18. The SMILES string of the molecule is CC/C(=C(\c1ccc(O)cc1)c1ccc(OC[C]2[CH][CH][CH][CH]2)cc1)c1ccc(O)cc1. The molecule has 3 nitrogen and oxygen atoms in total. The van der Waals surface area contributed by atoms with Crippen LogP contribution in [0.1, 0.15) is 30.0 Å². The van der Waals surface area contributed by atoms with Crippen molar-refractivity contribution in [2.24, 2.45) is 0 Å². The molecule has 3 aromatic carbocycles. The lowest BCUT2D eigenvalue weighted by Crippen LogP contribution is -2.06. The fourth-order valence-corrected chi connectivity index (χ4v) is 3.73. The van der Waals surface area contributed by atoms with E-state index in [0.717, 1.165) is 45.9 Å². The summed E-state index contributed by atoms with van der Waals surface area (Å²) in [5.41, 5.74) is 5.40. The molecule has 5 radical (unpaired) electrons. The zero-order valence-corrected chi connectivity index (χ0v) is 17.5. The lowest BCUT2D eigenvalue weighted by Gasteiger charge is -2.17. The van der Waals surface area contributed by atoms with Crippen molar-refractivity contribution in [1.29, 1.82) is 0 Å². The molecule has 1 fully saturated rings. The summed E-state index contributed by atoms with van der Waals surface area (Å²) in [5, 5.41) is 19.5. The molecular formula is C28H25O3. The van der Waals surface area contributed by atoms with E-state index < -0.39 is 0 Å². The van der Waals surface area contributed by atoms with Gasteiger partial charge in [-0.2, -0.15) is 0 Å². The number of allylic oxidation sites excluding steroid dienone is 1. The molecule has 0 saturated heterocycles. The number of hydrogen-bond donors (Lipinski definition) is 2. The molecule has 1 aliphatic rings. The van der Waals surface area contributed by atoms with Crippen LogP contribution in [0.15, 0.2) is 72.8 Å². The molecule has 0 heterocycles. The number of aromatic hydroxyl groups is 2. The van der Waals surface area contributed by atoms with E-state index in [-0.39, 0.29) is 11.5 Å². The molecule has 0 amide bonds. The summed E-state index contributed by atoms with van der Waals surface area (Å²) < 4.78 is 5.91. The fraction of sp³-hybridized carbons (Fsp3) is 0.107. The minimum absolute atomic E-state index is 0.238. The summed E-state index contributed by atoms with van der Waals surface area (Å²) in [6.07, 6.45) is 8.92. The van der Waals surface area contributed by atoms with Crippen LogP contribution in [0.2, 0.25) is 0 Å². The van der Waals surface area contributed by atoms with Gasteiger partial charge in [-0.05, 0) is 96.3 Å². The summed E-state index contributed by atoms with van der Waals surface area (Å²) in [5.74, 6) is 2.45. The van der Waals surface area contributed by atoms with Crippen molar-refractivity contribution >= 4 is 11.1 Å². The smallest absolute Gasteiger partial charge is 0.119 e. The maximum absolute atomic E-state index is 9.77. The predicted octanol–water partition coefficient (Wildman–Crippen LogP) is 6.25. The topological polar surface area (TPSA) is 49.7 Å². The molecule has 155 valence electrons. The summed E-state index contributed by atoms with van der Waals surface area (Å²) in [4.78, 5) is 0. The largest absolute Gasteiger partial charge is 0.508 e. The highest BCUT2D eigenvalue weighted by molar-refractivity contribution is 5.98. The molecule has 0 aliphatic heterocycles. The lowest BCUT2D eigenvalue weighted by atomic mass is 9.88. The number of benzene rings is 3. The van der Waals surface area contributed by atoms with Crippen molar-refractivity contribution in [1.82, 2.24) is 0 Å². The van der Waals surface area contributed by atoms with Crippen LogP contribution in [0.4, 0.5) is 0 Å². The second-order valence-electron chi connectivity index (χ2n) is 7.41. The third kappa shape index (κ3) is 5.11. The molecule has 3 aromatic rings. The molecule has 2 N–H and O–H groups in total. The highest BCUT2D eigenvalue weighted by Crippen LogP contribution is 2.36. The Morgan fingerprint density at radius 2 is 1.16 bits per heavy atom. The van der Waals surface area contributed by atoms with E-state index in [9.17, 15) is 10.2 Å². The quantitative estimate of drug-likeness (QED) is 0.453. The summed E-state index contributed by atoms with van der Waals surface area (Å²) in [7, 11) is 0. The zero-order chi connectivity index (χ0) is 21.6. The lowest BCUT2D eigenvalue weighted by molar-refractivity contribution is 0.339. The Labute approximate surface area is 184 Å². The second kappa shape index (κ2) is 9.74. The van der Waals surface area contributed by atoms with E-state index in [0.29, 0.717) is 6.61 Å². The molecule has 1 saturated carbocycles. The van der Waals surface area contributed by atoms with Gasteiger partial charge < -0.3 is 14.9 Å². The van der Waals surface area contributed by atoms with Gasteiger partial charge in [0.1, 0.15) is 17.2 Å². The fourth-order valence-electron chi connectivity index (χ4n) is 3.73. The van der Waals surface area contributed by atoms with E-state index in [1.165, 1.54) is 0 Å². The van der Waals surface area contributed by atoms with Crippen molar-refractivity contribution < 1.29 is 14.9 Å². The monoisotopic (exact) mass is 409 g/mol. The maximum atomic E-state index is 9.77. The van der Waals surface area contributed by atoms with Crippen molar-refractivity contribution in [3.8, 4) is 17.2 Å². The first-order valence-electron chi connectivity index (χ1n) is 10.4. The van der Waals surface area contributed by atoms with Crippen LogP contribution < -0.4 is 4.74 Å². The average Bonchev–Trinajstić information content (AvgIpc) is 3.32. The van der Waals surface area contributed by atoms with Crippen LogP contribution in [0.3, 0.4) is 0 Å². The predicted molar refractivity (Wildman–Crippen MR) is 125 cm³/mol. The van der Waals surface area contributed by atoms with E-state index in [4.69, 9.17) is 4.74 Å². The molecule has 0 aromatic heterocycles. The van der Waals surface area contributed by atoms with Gasteiger partial charge in [0.15, 0.2) is 0 Å². The number of rotatable bonds is 7. The van der Waals surface area contributed by atoms with Gasteiger partial charge in [0.2, 0.25) is 0 Å². The van der Waals surface area contributed by atoms with Crippen LogP contribution in [0.5, 0.6) is 17.2 Å². The average molecular weight is 410 g/mol. The molecule has 31 heavy (non-hydrogen) atoms. The van der Waals surface area contributed by atoms with Gasteiger partial charge in [-0.3, -0.25) is 0 Å². The zero-order valence-electron chi connectivity index (χ0n) is 17.5. The number of phenolic OH excluding ortho intramolecular Hbond substituents is 2. The normalized spacial score (nSPS) is 15.0. The van der Waals surface area contributed by atoms with Gasteiger partial charge in [0.25, 0.3) is 0 Å². The second-order valence-corrected chi connectivity index (χ2v) is 7.41. The van der Waals surface area contributed by atoms with Crippen molar-refractivity contribution in [3.05, 3.63) is 121 Å². The molecule has 1 aliphatic carbocycles. The van der Waals surface area contributed by atoms with Gasteiger partial charge in [-0.1, -0.05) is 43.3 Å². The third-order valence-corrected chi connectivity index (χ3v) is 5.31. The summed E-state index contributed by atoms with van der Waals surface area (Å²) in [6, 6.07) is 22.7. The minimum atomic E-state index is 0.238. The van der Waals surface area contributed by atoms with E-state index in [1.54, 1.807) is 24.3 Å². The van der Waals surface area contributed by atoms with E-state index in [1.807, 2.05) is 62.1 Å². The first-order valence-corrected chi connectivity index (χ1v) is 10.4. The molecule has 0 unspecified atom stereocenters. The van der Waals surface area contributed by atoms with Crippen LogP contribution in [-0.2, 0) is 0 Å². The Morgan fingerprint density at radius 1 is 0.677 bits per heavy atom.